The summed E-state index contributed by atoms with van der Waals surface area (Å²) in [6.07, 6.45) is 8.04. The van der Waals surface area contributed by atoms with Crippen LogP contribution >= 0.6 is 0 Å². The first-order valence-electron chi connectivity index (χ1n) is 6.38. The molecule has 0 aromatic rings. The molecule has 0 heterocycles. The Bertz CT molecular complexity index is 222. The number of rotatable bonds is 4. The molecule has 1 rings (SSSR count). The van der Waals surface area contributed by atoms with Crippen LogP contribution in [0.4, 0.5) is 0 Å². The van der Waals surface area contributed by atoms with Crippen molar-refractivity contribution in [2.24, 2.45) is 16.8 Å². The molecule has 1 saturated carbocycles. The van der Waals surface area contributed by atoms with Crippen LogP contribution in [0, 0.1) is 5.92 Å². The summed E-state index contributed by atoms with van der Waals surface area (Å²) >= 11 is 0. The monoisotopic (exact) mass is 227 g/mol. The van der Waals surface area contributed by atoms with Crippen molar-refractivity contribution in [1.29, 1.82) is 0 Å². The molecule has 94 valence electrons. The van der Waals surface area contributed by atoms with E-state index in [1.165, 1.54) is 38.5 Å². The minimum absolute atomic E-state index is 0.0525. The molecule has 2 atom stereocenters. The van der Waals surface area contributed by atoms with Gasteiger partial charge in [-0.05, 0) is 32.6 Å². The first-order valence-corrected chi connectivity index (χ1v) is 6.38. The van der Waals surface area contributed by atoms with Crippen LogP contribution in [0.1, 0.15) is 52.4 Å². The van der Waals surface area contributed by atoms with Crippen molar-refractivity contribution in [2.45, 2.75) is 64.5 Å². The Morgan fingerprint density at radius 3 is 2.31 bits per heavy atom. The second-order valence-corrected chi connectivity index (χ2v) is 4.95. The lowest BCUT2D eigenvalue weighted by Gasteiger charge is -2.26. The van der Waals surface area contributed by atoms with Crippen molar-refractivity contribution in [1.82, 2.24) is 5.32 Å². The van der Waals surface area contributed by atoms with Crippen molar-refractivity contribution >= 4 is 5.84 Å². The molecule has 4 heteroatoms. The first-order chi connectivity index (χ1) is 7.65. The summed E-state index contributed by atoms with van der Waals surface area (Å²) < 4.78 is 0. The highest BCUT2D eigenvalue weighted by Gasteiger charge is 2.21. The van der Waals surface area contributed by atoms with E-state index in [9.17, 15) is 0 Å². The Morgan fingerprint density at radius 2 is 1.81 bits per heavy atom. The van der Waals surface area contributed by atoms with E-state index in [1.54, 1.807) is 0 Å². The summed E-state index contributed by atoms with van der Waals surface area (Å²) in [7, 11) is 0. The predicted octanol–water partition coefficient (Wildman–Crippen LogP) is 2.07. The van der Waals surface area contributed by atoms with Crippen LogP contribution < -0.4 is 11.1 Å². The Kier molecular flexibility index (Phi) is 5.60. The van der Waals surface area contributed by atoms with Gasteiger partial charge in [0.05, 0.1) is 6.04 Å². The largest absolute Gasteiger partial charge is 0.409 e. The van der Waals surface area contributed by atoms with E-state index in [2.05, 4.69) is 17.4 Å². The van der Waals surface area contributed by atoms with Crippen LogP contribution in [0.25, 0.3) is 0 Å². The highest BCUT2D eigenvalue weighted by Crippen LogP contribution is 2.25. The normalized spacial score (nSPS) is 23.8. The van der Waals surface area contributed by atoms with Gasteiger partial charge in [-0.25, -0.2) is 0 Å². The molecule has 1 fully saturated rings. The van der Waals surface area contributed by atoms with Gasteiger partial charge in [0, 0.05) is 6.04 Å². The SMILES string of the molecule is CC(N[C@H](C)C1CCCCCC1)C(N)=NO. The standard InChI is InChI=1S/C12H25N3O/c1-9(14-10(2)12(13)15-16)11-7-5-3-4-6-8-11/h9-11,14,16H,3-8H2,1-2H3,(H2,13,15)/t9-,10?/m1/s1. The molecule has 0 aromatic carbocycles. The van der Waals surface area contributed by atoms with Crippen molar-refractivity contribution in [3.05, 3.63) is 0 Å². The van der Waals surface area contributed by atoms with E-state index in [0.717, 1.165) is 5.92 Å². The summed E-state index contributed by atoms with van der Waals surface area (Å²) in [6, 6.07) is 0.386. The van der Waals surface area contributed by atoms with Crippen molar-refractivity contribution < 1.29 is 5.21 Å². The van der Waals surface area contributed by atoms with Crippen LogP contribution in [0.5, 0.6) is 0 Å². The molecule has 1 unspecified atom stereocenters. The van der Waals surface area contributed by atoms with Gasteiger partial charge in [-0.3, -0.25) is 0 Å². The average Bonchev–Trinajstić information content (AvgIpc) is 2.56. The Morgan fingerprint density at radius 1 is 1.25 bits per heavy atom. The van der Waals surface area contributed by atoms with Gasteiger partial charge >= 0.3 is 0 Å². The van der Waals surface area contributed by atoms with Gasteiger partial charge in [0.1, 0.15) is 0 Å². The number of nitrogens with one attached hydrogen (secondary N) is 1. The predicted molar refractivity (Wildman–Crippen MR) is 66.7 cm³/mol. The number of amidine groups is 1. The smallest absolute Gasteiger partial charge is 0.156 e. The van der Waals surface area contributed by atoms with Gasteiger partial charge in [-0.2, -0.15) is 0 Å². The maximum atomic E-state index is 8.60. The topological polar surface area (TPSA) is 70.6 Å². The maximum absolute atomic E-state index is 8.60. The highest BCUT2D eigenvalue weighted by molar-refractivity contribution is 5.84. The molecule has 0 spiro atoms. The Labute approximate surface area is 98.3 Å². The number of hydrogen-bond donors (Lipinski definition) is 3. The van der Waals surface area contributed by atoms with Gasteiger partial charge < -0.3 is 16.3 Å². The van der Waals surface area contributed by atoms with Crippen molar-refractivity contribution in [2.75, 3.05) is 0 Å². The summed E-state index contributed by atoms with van der Waals surface area (Å²) in [6.45, 7) is 4.14. The van der Waals surface area contributed by atoms with Crippen LogP contribution in [-0.4, -0.2) is 23.1 Å². The lowest BCUT2D eigenvalue weighted by atomic mass is 9.92. The van der Waals surface area contributed by atoms with Crippen molar-refractivity contribution in [3.63, 3.8) is 0 Å². The summed E-state index contributed by atoms with van der Waals surface area (Å²) in [5, 5.41) is 15.0. The number of nitrogens with zero attached hydrogens (tertiary/aromatic N) is 1. The number of oxime groups is 1. The fourth-order valence-electron chi connectivity index (χ4n) is 2.51. The van der Waals surface area contributed by atoms with Gasteiger partial charge in [0.2, 0.25) is 0 Å². The molecule has 1 aliphatic carbocycles. The van der Waals surface area contributed by atoms with Crippen LogP contribution in [0.15, 0.2) is 5.16 Å². The molecule has 4 N–H and O–H groups in total. The van der Waals surface area contributed by atoms with E-state index >= 15 is 0 Å². The Balaban J connectivity index is 2.40. The molecule has 0 amide bonds. The molecule has 0 radical (unpaired) electrons. The lowest BCUT2D eigenvalue weighted by Crippen LogP contribution is -2.46. The van der Waals surface area contributed by atoms with E-state index in [-0.39, 0.29) is 11.9 Å². The molecule has 0 saturated heterocycles. The quantitative estimate of drug-likeness (QED) is 0.226. The second-order valence-electron chi connectivity index (χ2n) is 4.95. The summed E-state index contributed by atoms with van der Waals surface area (Å²) in [5.74, 6) is 0.997. The fraction of sp³-hybridized carbons (Fsp3) is 0.917. The van der Waals surface area contributed by atoms with Crippen molar-refractivity contribution in [3.8, 4) is 0 Å². The van der Waals surface area contributed by atoms with Gasteiger partial charge in [-0.1, -0.05) is 30.8 Å². The average molecular weight is 227 g/mol. The molecule has 1 aliphatic rings. The third-order valence-corrected chi connectivity index (χ3v) is 3.68. The lowest BCUT2D eigenvalue weighted by molar-refractivity contribution is 0.306. The van der Waals surface area contributed by atoms with Gasteiger partial charge in [0.15, 0.2) is 5.84 Å². The third-order valence-electron chi connectivity index (χ3n) is 3.68. The molecule has 0 aromatic heterocycles. The molecule has 4 nitrogen and oxygen atoms in total. The maximum Gasteiger partial charge on any atom is 0.156 e. The van der Waals surface area contributed by atoms with Crippen LogP contribution in [0.2, 0.25) is 0 Å². The number of hydrogen-bond acceptors (Lipinski definition) is 3. The molecule has 0 aliphatic heterocycles. The zero-order valence-corrected chi connectivity index (χ0v) is 10.4. The minimum atomic E-state index is -0.0525. The van der Waals surface area contributed by atoms with Gasteiger partial charge in [-0.15, -0.1) is 0 Å². The molecular weight excluding hydrogens is 202 g/mol. The summed E-state index contributed by atoms with van der Waals surface area (Å²) in [4.78, 5) is 0. The zero-order valence-electron chi connectivity index (χ0n) is 10.4. The van der Waals surface area contributed by atoms with Crippen LogP contribution in [0.3, 0.4) is 0 Å². The van der Waals surface area contributed by atoms with E-state index in [4.69, 9.17) is 10.9 Å². The minimum Gasteiger partial charge on any atom is -0.409 e. The molecule has 0 bridgehead atoms. The molecule has 16 heavy (non-hydrogen) atoms. The van der Waals surface area contributed by atoms with E-state index in [1.807, 2.05) is 6.92 Å². The Hall–Kier alpha value is -0.770. The van der Waals surface area contributed by atoms with Crippen LogP contribution in [-0.2, 0) is 0 Å². The van der Waals surface area contributed by atoms with Gasteiger partial charge in [0.25, 0.3) is 0 Å². The van der Waals surface area contributed by atoms with E-state index in [0.29, 0.717) is 6.04 Å². The summed E-state index contributed by atoms with van der Waals surface area (Å²) in [5.41, 5.74) is 5.56. The fourth-order valence-corrected chi connectivity index (χ4v) is 2.51. The second kappa shape index (κ2) is 6.74. The first kappa shape index (κ1) is 13.3. The molecular formula is C12H25N3O. The van der Waals surface area contributed by atoms with E-state index < -0.39 is 0 Å². The third kappa shape index (κ3) is 4.00. The zero-order chi connectivity index (χ0) is 12.0. The highest BCUT2D eigenvalue weighted by atomic mass is 16.4. The number of nitrogens with two attached hydrogens (primary N) is 1.